The van der Waals surface area contributed by atoms with E-state index in [4.69, 9.17) is 5.26 Å². The van der Waals surface area contributed by atoms with Crippen LogP contribution in [0.4, 0.5) is 4.39 Å². The predicted octanol–water partition coefficient (Wildman–Crippen LogP) is 7.83. The fourth-order valence-electron chi connectivity index (χ4n) is 6.01. The summed E-state index contributed by atoms with van der Waals surface area (Å²) in [6, 6.07) is 18.5. The summed E-state index contributed by atoms with van der Waals surface area (Å²) in [4.78, 5) is 0. The zero-order valence-electron chi connectivity index (χ0n) is 18.2. The minimum absolute atomic E-state index is 0.107. The lowest BCUT2D eigenvalue weighted by Gasteiger charge is -2.37. The highest BCUT2D eigenvalue weighted by molar-refractivity contribution is 6.60. The number of nitrogens with zero attached hydrogens (tertiary/aromatic N) is 1. The summed E-state index contributed by atoms with van der Waals surface area (Å²) in [6.45, 7) is 2.33. The van der Waals surface area contributed by atoms with E-state index in [9.17, 15) is 4.39 Å². The van der Waals surface area contributed by atoms with Crippen LogP contribution < -0.4 is 0 Å². The van der Waals surface area contributed by atoms with Crippen LogP contribution in [0.2, 0.25) is 17.6 Å². The van der Waals surface area contributed by atoms with Crippen LogP contribution >= 0.6 is 0 Å². The van der Waals surface area contributed by atoms with Crippen molar-refractivity contribution in [3.05, 3.63) is 59.4 Å². The lowest BCUT2D eigenvalue weighted by atomic mass is 9.86. The van der Waals surface area contributed by atoms with Crippen LogP contribution in [0.25, 0.3) is 11.1 Å². The summed E-state index contributed by atoms with van der Waals surface area (Å²) in [6.07, 6.45) is 11.6. The van der Waals surface area contributed by atoms with Crippen molar-refractivity contribution in [1.82, 2.24) is 0 Å². The SMILES string of the molecule is CCCC1CCC([SiH]2CCC(c3ccc(-c4ccc(C#N)c(F)c4)cc3)CC2)CC1. The maximum atomic E-state index is 13.9. The van der Waals surface area contributed by atoms with Crippen LogP contribution in [0.15, 0.2) is 42.5 Å². The normalized spacial score (nSPS) is 26.8. The third kappa shape index (κ3) is 4.86. The Morgan fingerprint density at radius 2 is 1.60 bits per heavy atom. The van der Waals surface area contributed by atoms with Crippen LogP contribution in [-0.2, 0) is 0 Å². The molecule has 0 atom stereocenters. The highest BCUT2D eigenvalue weighted by Gasteiger charge is 2.32. The molecule has 1 saturated heterocycles. The fraction of sp³-hybridized carbons (Fsp3) is 0.519. The molecule has 2 fully saturated rings. The second kappa shape index (κ2) is 9.92. The van der Waals surface area contributed by atoms with Gasteiger partial charge >= 0.3 is 0 Å². The smallest absolute Gasteiger partial charge is 0.141 e. The molecule has 0 bridgehead atoms. The second-order valence-electron chi connectivity index (χ2n) is 9.61. The minimum Gasteiger partial charge on any atom is -0.206 e. The molecule has 0 N–H and O–H groups in total. The quantitative estimate of drug-likeness (QED) is 0.453. The van der Waals surface area contributed by atoms with Crippen molar-refractivity contribution in [1.29, 1.82) is 5.26 Å². The average Bonchev–Trinajstić information content (AvgIpc) is 2.80. The molecule has 2 aromatic rings. The van der Waals surface area contributed by atoms with Crippen LogP contribution in [0.5, 0.6) is 0 Å². The van der Waals surface area contributed by atoms with E-state index in [-0.39, 0.29) is 5.56 Å². The van der Waals surface area contributed by atoms with Crippen molar-refractivity contribution in [3.8, 4) is 17.2 Å². The molecular weight excluding hydrogens is 385 g/mol. The molecule has 1 aliphatic heterocycles. The molecule has 0 unspecified atom stereocenters. The first kappa shape index (κ1) is 21.3. The first-order chi connectivity index (χ1) is 14.7. The molecule has 1 aliphatic carbocycles. The first-order valence-corrected chi connectivity index (χ1v) is 14.3. The van der Waals surface area contributed by atoms with Crippen LogP contribution in [0.3, 0.4) is 0 Å². The summed E-state index contributed by atoms with van der Waals surface area (Å²) in [5, 5.41) is 8.91. The number of benzene rings is 2. The fourth-order valence-corrected chi connectivity index (χ4v) is 10.2. The van der Waals surface area contributed by atoms with Gasteiger partial charge in [0.1, 0.15) is 11.9 Å². The molecule has 1 nitrogen and oxygen atoms in total. The van der Waals surface area contributed by atoms with Gasteiger partial charge < -0.3 is 0 Å². The lowest BCUT2D eigenvalue weighted by Crippen LogP contribution is -2.29. The molecule has 0 amide bonds. The van der Waals surface area contributed by atoms with Gasteiger partial charge in [-0.15, -0.1) is 0 Å². The van der Waals surface area contributed by atoms with Crippen LogP contribution in [0, 0.1) is 23.1 Å². The summed E-state index contributed by atoms with van der Waals surface area (Å²) in [5.74, 6) is 1.29. The van der Waals surface area contributed by atoms with Gasteiger partial charge in [0.15, 0.2) is 0 Å². The van der Waals surface area contributed by atoms with E-state index in [2.05, 4.69) is 31.2 Å². The van der Waals surface area contributed by atoms with Crippen molar-refractivity contribution in [2.24, 2.45) is 5.92 Å². The van der Waals surface area contributed by atoms with Crippen molar-refractivity contribution >= 4 is 8.80 Å². The van der Waals surface area contributed by atoms with E-state index in [0.717, 1.165) is 22.6 Å². The highest BCUT2D eigenvalue weighted by atomic mass is 28.3. The van der Waals surface area contributed by atoms with Gasteiger partial charge in [0.2, 0.25) is 0 Å². The van der Waals surface area contributed by atoms with Crippen molar-refractivity contribution in [2.75, 3.05) is 0 Å². The third-order valence-electron chi connectivity index (χ3n) is 7.83. The summed E-state index contributed by atoms with van der Waals surface area (Å²) < 4.78 is 13.9. The van der Waals surface area contributed by atoms with E-state index in [1.165, 1.54) is 75.1 Å². The maximum absolute atomic E-state index is 13.9. The average molecular weight is 420 g/mol. The molecule has 1 saturated carbocycles. The molecule has 2 aromatic carbocycles. The van der Waals surface area contributed by atoms with Gasteiger partial charge in [-0.2, -0.15) is 5.26 Å². The van der Waals surface area contributed by atoms with E-state index in [0.29, 0.717) is 5.92 Å². The Hall–Kier alpha value is -1.92. The van der Waals surface area contributed by atoms with Crippen molar-refractivity contribution in [2.45, 2.75) is 81.8 Å². The Bertz CT molecular complexity index is 869. The summed E-state index contributed by atoms with van der Waals surface area (Å²) in [5.41, 5.74) is 4.54. The Kier molecular flexibility index (Phi) is 7.05. The predicted molar refractivity (Wildman–Crippen MR) is 126 cm³/mol. The molecule has 2 aliphatic rings. The Balaban J connectivity index is 1.32. The minimum atomic E-state index is -0.558. The van der Waals surface area contributed by atoms with Gasteiger partial charge in [0.25, 0.3) is 0 Å². The van der Waals surface area contributed by atoms with Gasteiger partial charge in [-0.05, 0) is 59.0 Å². The largest absolute Gasteiger partial charge is 0.206 e. The lowest BCUT2D eigenvalue weighted by molar-refractivity contribution is 0.332. The van der Waals surface area contributed by atoms with Crippen molar-refractivity contribution < 1.29 is 4.39 Å². The van der Waals surface area contributed by atoms with E-state index < -0.39 is 14.6 Å². The highest BCUT2D eigenvalue weighted by Crippen LogP contribution is 2.44. The Labute approximate surface area is 182 Å². The van der Waals surface area contributed by atoms with Crippen LogP contribution in [-0.4, -0.2) is 8.80 Å². The molecule has 4 rings (SSSR count). The third-order valence-corrected chi connectivity index (χ3v) is 12.0. The van der Waals surface area contributed by atoms with Gasteiger partial charge in [-0.3, -0.25) is 0 Å². The van der Waals surface area contributed by atoms with Crippen LogP contribution in [0.1, 0.15) is 75.3 Å². The maximum Gasteiger partial charge on any atom is 0.141 e. The number of halogens is 1. The Morgan fingerprint density at radius 3 is 2.20 bits per heavy atom. The molecule has 158 valence electrons. The number of rotatable bonds is 5. The number of nitriles is 1. The van der Waals surface area contributed by atoms with E-state index in [1.54, 1.807) is 6.07 Å². The molecule has 3 heteroatoms. The topological polar surface area (TPSA) is 23.8 Å². The number of hydrogen-bond acceptors (Lipinski definition) is 1. The monoisotopic (exact) mass is 419 g/mol. The van der Waals surface area contributed by atoms with Gasteiger partial charge in [0.05, 0.1) is 5.56 Å². The second-order valence-corrected chi connectivity index (χ2v) is 13.2. The van der Waals surface area contributed by atoms with E-state index in [1.807, 2.05) is 12.1 Å². The van der Waals surface area contributed by atoms with Gasteiger partial charge in [-0.1, -0.05) is 87.9 Å². The zero-order valence-corrected chi connectivity index (χ0v) is 19.4. The van der Waals surface area contributed by atoms with Gasteiger partial charge in [0, 0.05) is 8.80 Å². The molecule has 0 aromatic heterocycles. The molecule has 30 heavy (non-hydrogen) atoms. The molecule has 1 heterocycles. The van der Waals surface area contributed by atoms with Crippen molar-refractivity contribution in [3.63, 3.8) is 0 Å². The summed E-state index contributed by atoms with van der Waals surface area (Å²) >= 11 is 0. The Morgan fingerprint density at radius 1 is 0.933 bits per heavy atom. The molecule has 0 radical (unpaired) electrons. The van der Waals surface area contributed by atoms with Gasteiger partial charge in [-0.25, -0.2) is 4.39 Å². The first-order valence-electron chi connectivity index (χ1n) is 12.0. The summed E-state index contributed by atoms with van der Waals surface area (Å²) in [7, 11) is -0.558. The standard InChI is InChI=1S/C27H34FNSi/c1-2-3-20-4-12-26(13-5-20)30-16-14-23(15-17-30)21-6-8-22(9-7-21)24-10-11-25(19-29)27(28)18-24/h6-11,18,20,23,26,30H,2-5,12-17H2,1H3. The van der Waals surface area contributed by atoms with E-state index >= 15 is 0 Å². The number of hydrogen-bond donors (Lipinski definition) is 0. The molecular formula is C27H34FNSi. The zero-order chi connectivity index (χ0) is 20.9. The molecule has 0 spiro atoms.